The lowest BCUT2D eigenvalue weighted by Gasteiger charge is -2.13. The molecule has 21 heavy (non-hydrogen) atoms. The van der Waals surface area contributed by atoms with Gasteiger partial charge in [-0.25, -0.2) is 4.68 Å². The molecule has 0 saturated heterocycles. The minimum absolute atomic E-state index is 0.00925. The smallest absolute Gasteiger partial charge is 0.0752 e. The Morgan fingerprint density at radius 2 is 2.14 bits per heavy atom. The minimum Gasteiger partial charge on any atom is -0.545 e. The van der Waals surface area contributed by atoms with Crippen LogP contribution in [0.3, 0.4) is 0 Å². The Morgan fingerprint density at radius 1 is 1.43 bits per heavy atom. The summed E-state index contributed by atoms with van der Waals surface area (Å²) >= 11 is 6.03. The van der Waals surface area contributed by atoms with E-state index in [4.69, 9.17) is 11.6 Å². The molecule has 0 aliphatic heterocycles. The number of aromatic carboxylic acids is 1. The SMILES string of the molecule is CCCc1nn(-c2cccc(Cl)c2)c(C(C)C)c1C(=O)[O-]. The van der Waals surface area contributed by atoms with Crippen molar-refractivity contribution in [2.45, 2.75) is 39.5 Å². The van der Waals surface area contributed by atoms with Gasteiger partial charge in [0, 0.05) is 10.6 Å². The van der Waals surface area contributed by atoms with Gasteiger partial charge in [-0.1, -0.05) is 44.9 Å². The second-order valence-corrected chi connectivity index (χ2v) is 5.73. The lowest BCUT2D eigenvalue weighted by molar-refractivity contribution is -0.255. The fraction of sp³-hybridized carbons (Fsp3) is 0.375. The number of carbonyl (C=O) groups excluding carboxylic acids is 1. The van der Waals surface area contributed by atoms with Gasteiger partial charge >= 0.3 is 0 Å². The number of halogens is 1. The summed E-state index contributed by atoms with van der Waals surface area (Å²) in [6.45, 7) is 5.88. The molecule has 2 rings (SSSR count). The van der Waals surface area contributed by atoms with E-state index in [2.05, 4.69) is 5.10 Å². The number of benzene rings is 1. The highest BCUT2D eigenvalue weighted by molar-refractivity contribution is 6.30. The molecule has 0 spiro atoms. The molecule has 0 unspecified atom stereocenters. The third kappa shape index (κ3) is 3.10. The summed E-state index contributed by atoms with van der Waals surface area (Å²) in [7, 11) is 0. The molecule has 112 valence electrons. The van der Waals surface area contributed by atoms with Crippen molar-refractivity contribution in [3.63, 3.8) is 0 Å². The first kappa shape index (κ1) is 15.6. The Hall–Kier alpha value is -1.81. The maximum absolute atomic E-state index is 11.5. The Labute approximate surface area is 129 Å². The van der Waals surface area contributed by atoms with Crippen molar-refractivity contribution in [2.75, 3.05) is 0 Å². The van der Waals surface area contributed by atoms with E-state index in [1.807, 2.05) is 32.9 Å². The molecule has 0 aliphatic rings. The topological polar surface area (TPSA) is 58.0 Å². The number of rotatable bonds is 5. The number of carboxylic acid groups (broad SMARTS) is 1. The van der Waals surface area contributed by atoms with Crippen LogP contribution in [0.5, 0.6) is 0 Å². The van der Waals surface area contributed by atoms with E-state index in [1.165, 1.54) is 0 Å². The molecular formula is C16H18ClN2O2-. The van der Waals surface area contributed by atoms with E-state index in [1.54, 1.807) is 16.8 Å². The molecule has 5 heteroatoms. The van der Waals surface area contributed by atoms with Crippen molar-refractivity contribution in [3.8, 4) is 5.69 Å². The molecule has 0 aliphatic carbocycles. The zero-order chi connectivity index (χ0) is 15.6. The van der Waals surface area contributed by atoms with Gasteiger partial charge in [-0.3, -0.25) is 0 Å². The molecule has 1 aromatic carbocycles. The monoisotopic (exact) mass is 305 g/mol. The summed E-state index contributed by atoms with van der Waals surface area (Å²) in [6.07, 6.45) is 1.43. The molecule has 0 radical (unpaired) electrons. The number of nitrogens with zero attached hydrogens (tertiary/aromatic N) is 2. The van der Waals surface area contributed by atoms with Gasteiger partial charge in [0.2, 0.25) is 0 Å². The van der Waals surface area contributed by atoms with Gasteiger partial charge in [0.25, 0.3) is 0 Å². The molecule has 0 amide bonds. The largest absolute Gasteiger partial charge is 0.545 e. The number of carbonyl (C=O) groups is 1. The van der Waals surface area contributed by atoms with Crippen molar-refractivity contribution in [1.29, 1.82) is 0 Å². The van der Waals surface area contributed by atoms with Crippen LogP contribution in [0.4, 0.5) is 0 Å². The van der Waals surface area contributed by atoms with Crippen LogP contribution in [-0.2, 0) is 6.42 Å². The molecule has 0 bridgehead atoms. The van der Waals surface area contributed by atoms with Gasteiger partial charge in [0.1, 0.15) is 0 Å². The summed E-state index contributed by atoms with van der Waals surface area (Å²) in [4.78, 5) is 11.5. The molecule has 1 heterocycles. The van der Waals surface area contributed by atoms with E-state index >= 15 is 0 Å². The summed E-state index contributed by atoms with van der Waals surface area (Å²) in [6, 6.07) is 7.23. The zero-order valence-corrected chi connectivity index (χ0v) is 13.1. The number of hydrogen-bond acceptors (Lipinski definition) is 3. The summed E-state index contributed by atoms with van der Waals surface area (Å²) in [5, 5.41) is 16.6. The molecule has 0 fully saturated rings. The van der Waals surface area contributed by atoms with Crippen LogP contribution in [0.15, 0.2) is 24.3 Å². The molecule has 0 saturated carbocycles. The Bertz CT molecular complexity index is 662. The normalized spacial score (nSPS) is 11.1. The highest BCUT2D eigenvalue weighted by Gasteiger charge is 2.21. The van der Waals surface area contributed by atoms with E-state index in [9.17, 15) is 9.90 Å². The van der Waals surface area contributed by atoms with Gasteiger partial charge in [0.05, 0.1) is 23.0 Å². The third-order valence-corrected chi connectivity index (χ3v) is 3.52. The molecule has 0 atom stereocenters. The van der Waals surface area contributed by atoms with Crippen LogP contribution < -0.4 is 5.11 Å². The molecule has 2 aromatic rings. The van der Waals surface area contributed by atoms with Gasteiger partial charge < -0.3 is 9.90 Å². The molecule has 1 aromatic heterocycles. The predicted octanol–water partition coefficient (Wildman–Crippen LogP) is 2.97. The van der Waals surface area contributed by atoms with Crippen molar-refractivity contribution in [3.05, 3.63) is 46.2 Å². The first-order valence-electron chi connectivity index (χ1n) is 7.04. The van der Waals surface area contributed by atoms with Crippen LogP contribution in [0, 0.1) is 0 Å². The minimum atomic E-state index is -1.17. The zero-order valence-electron chi connectivity index (χ0n) is 12.4. The Morgan fingerprint density at radius 3 is 2.67 bits per heavy atom. The third-order valence-electron chi connectivity index (χ3n) is 3.28. The maximum Gasteiger partial charge on any atom is 0.0752 e. The molecule has 4 nitrogen and oxygen atoms in total. The summed E-state index contributed by atoms with van der Waals surface area (Å²) in [5.74, 6) is -1.16. The lowest BCUT2D eigenvalue weighted by Crippen LogP contribution is -2.25. The second-order valence-electron chi connectivity index (χ2n) is 5.29. The second kappa shape index (κ2) is 6.31. The van der Waals surface area contributed by atoms with E-state index in [0.717, 1.165) is 12.1 Å². The highest BCUT2D eigenvalue weighted by atomic mass is 35.5. The van der Waals surface area contributed by atoms with Crippen molar-refractivity contribution >= 4 is 17.6 Å². The quantitative estimate of drug-likeness (QED) is 0.853. The van der Waals surface area contributed by atoms with Crippen molar-refractivity contribution in [2.24, 2.45) is 0 Å². The fourth-order valence-electron chi connectivity index (χ4n) is 2.45. The van der Waals surface area contributed by atoms with E-state index in [0.29, 0.717) is 22.8 Å². The van der Waals surface area contributed by atoms with Gasteiger partial charge in [0.15, 0.2) is 0 Å². The molecule has 0 N–H and O–H groups in total. The van der Waals surface area contributed by atoms with Gasteiger partial charge in [-0.05, 0) is 30.5 Å². The lowest BCUT2D eigenvalue weighted by atomic mass is 10.0. The fourth-order valence-corrected chi connectivity index (χ4v) is 2.63. The maximum atomic E-state index is 11.5. The standard InChI is InChI=1S/C16H19ClN2O2/c1-4-6-13-14(16(20)21)15(10(2)3)19(18-13)12-8-5-7-11(17)9-12/h5,7-10H,4,6H2,1-3H3,(H,20,21)/p-1. The van der Waals surface area contributed by atoms with Crippen LogP contribution >= 0.6 is 11.6 Å². The molecular weight excluding hydrogens is 288 g/mol. The van der Waals surface area contributed by atoms with Gasteiger partial charge in [-0.2, -0.15) is 5.10 Å². The first-order valence-corrected chi connectivity index (χ1v) is 7.42. The number of hydrogen-bond donors (Lipinski definition) is 0. The number of aryl methyl sites for hydroxylation is 1. The Balaban J connectivity index is 2.70. The van der Waals surface area contributed by atoms with Crippen LogP contribution in [0.2, 0.25) is 5.02 Å². The summed E-state index contributed by atoms with van der Waals surface area (Å²) < 4.78 is 1.67. The van der Waals surface area contributed by atoms with Crippen LogP contribution in [0.1, 0.15) is 54.9 Å². The van der Waals surface area contributed by atoms with E-state index < -0.39 is 5.97 Å². The van der Waals surface area contributed by atoms with Crippen LogP contribution in [-0.4, -0.2) is 15.7 Å². The number of carboxylic acids is 1. The Kier molecular flexibility index (Phi) is 4.68. The van der Waals surface area contributed by atoms with Gasteiger partial charge in [-0.15, -0.1) is 0 Å². The number of aromatic nitrogens is 2. The van der Waals surface area contributed by atoms with Crippen LogP contribution in [0.25, 0.3) is 5.69 Å². The van der Waals surface area contributed by atoms with Crippen molar-refractivity contribution < 1.29 is 9.90 Å². The van der Waals surface area contributed by atoms with E-state index in [-0.39, 0.29) is 11.5 Å². The predicted molar refractivity (Wildman–Crippen MR) is 81.0 cm³/mol. The summed E-state index contributed by atoms with van der Waals surface area (Å²) in [5.41, 5.74) is 2.20. The highest BCUT2D eigenvalue weighted by Crippen LogP contribution is 2.27. The first-order chi connectivity index (χ1) is 9.95. The average Bonchev–Trinajstić information content (AvgIpc) is 2.79. The average molecular weight is 306 g/mol. The van der Waals surface area contributed by atoms with Crippen molar-refractivity contribution in [1.82, 2.24) is 9.78 Å².